The summed E-state index contributed by atoms with van der Waals surface area (Å²) in [5.41, 5.74) is 0. The summed E-state index contributed by atoms with van der Waals surface area (Å²) in [5.74, 6) is -1.21. The van der Waals surface area contributed by atoms with Crippen LogP contribution in [0, 0.1) is 0 Å². The smallest absolute Gasteiger partial charge is 0.307 e. The van der Waals surface area contributed by atoms with Crippen molar-refractivity contribution in [2.45, 2.75) is 64.4 Å². The van der Waals surface area contributed by atoms with Gasteiger partial charge in [0.1, 0.15) is 6.54 Å². The molecule has 0 radical (unpaired) electrons. The number of quaternary nitrogens is 1. The van der Waals surface area contributed by atoms with Crippen molar-refractivity contribution in [1.29, 1.82) is 0 Å². The average Bonchev–Trinajstić information content (AvgIpc) is 2.39. The minimum Gasteiger partial charge on any atom is -0.481 e. The van der Waals surface area contributed by atoms with E-state index in [1.165, 1.54) is 12.8 Å². The van der Waals surface area contributed by atoms with Gasteiger partial charge in [0.05, 0.1) is 27.6 Å². The third kappa shape index (κ3) is 15.3. The lowest BCUT2D eigenvalue weighted by Crippen LogP contribution is -2.43. The lowest BCUT2D eigenvalue weighted by molar-refractivity contribution is -0.873. The number of carbonyl (C=O) groups excluding carboxylic acids is 1. The molecule has 0 aliphatic carbocycles. The van der Waals surface area contributed by atoms with Gasteiger partial charge in [0.25, 0.3) is 0 Å². The van der Waals surface area contributed by atoms with E-state index in [0.717, 1.165) is 25.7 Å². The van der Waals surface area contributed by atoms with E-state index < -0.39 is 12.1 Å². The zero-order valence-electron chi connectivity index (χ0n) is 15.2. The molecule has 0 fully saturated rings. The van der Waals surface area contributed by atoms with Crippen molar-refractivity contribution in [3.05, 3.63) is 12.2 Å². The topological polar surface area (TPSA) is 63.6 Å². The second kappa shape index (κ2) is 12.1. The monoisotopic (exact) mass is 328 g/mol. The largest absolute Gasteiger partial charge is 0.481 e. The molecular weight excluding hydrogens is 294 g/mol. The van der Waals surface area contributed by atoms with E-state index in [1.807, 2.05) is 28.1 Å². The third-order valence-electron chi connectivity index (χ3n) is 3.44. The lowest BCUT2D eigenvalue weighted by Gasteiger charge is -2.28. The first-order chi connectivity index (χ1) is 10.7. The molecule has 0 aliphatic heterocycles. The molecule has 1 unspecified atom stereocenters. The standard InChI is InChI=1S/C18H33NO4/c1-5-6-7-8-9-10-11-12-13-18(22)23-16(14-17(20)21)15-19(2,3)4/h5-6,16H,7-15H2,1-4H3/p+1/b6-5+. The molecule has 0 bridgehead atoms. The number of ether oxygens (including phenoxy) is 1. The summed E-state index contributed by atoms with van der Waals surface area (Å²) in [6, 6.07) is 0. The van der Waals surface area contributed by atoms with E-state index in [2.05, 4.69) is 12.2 Å². The SMILES string of the molecule is C/C=C/CCCCCCCC(=O)OC(CC(=O)O)C[N+](C)(C)C. The van der Waals surface area contributed by atoms with Gasteiger partial charge in [0.2, 0.25) is 0 Å². The Kier molecular flexibility index (Phi) is 11.4. The van der Waals surface area contributed by atoms with E-state index in [1.54, 1.807) is 0 Å². The number of rotatable bonds is 13. The van der Waals surface area contributed by atoms with Crippen LogP contribution in [0.3, 0.4) is 0 Å². The van der Waals surface area contributed by atoms with Gasteiger partial charge in [-0.15, -0.1) is 0 Å². The first-order valence-electron chi connectivity index (χ1n) is 8.57. The number of allylic oxidation sites excluding steroid dienone is 2. The summed E-state index contributed by atoms with van der Waals surface area (Å²) < 4.78 is 5.92. The summed E-state index contributed by atoms with van der Waals surface area (Å²) in [7, 11) is 5.86. The predicted octanol–water partition coefficient (Wildman–Crippen LogP) is 3.39. The molecule has 0 saturated carbocycles. The van der Waals surface area contributed by atoms with Gasteiger partial charge in [-0.2, -0.15) is 0 Å². The molecule has 0 aliphatic rings. The molecule has 1 atom stereocenters. The molecule has 134 valence electrons. The number of carbonyl (C=O) groups is 2. The highest BCUT2D eigenvalue weighted by Gasteiger charge is 2.24. The lowest BCUT2D eigenvalue weighted by atomic mass is 10.1. The van der Waals surface area contributed by atoms with E-state index in [9.17, 15) is 9.59 Å². The van der Waals surface area contributed by atoms with Gasteiger partial charge in [0.15, 0.2) is 6.10 Å². The Morgan fingerprint density at radius 2 is 1.70 bits per heavy atom. The third-order valence-corrected chi connectivity index (χ3v) is 3.44. The Hall–Kier alpha value is -1.36. The molecule has 23 heavy (non-hydrogen) atoms. The molecule has 0 amide bonds. The van der Waals surface area contributed by atoms with Gasteiger partial charge in [-0.05, 0) is 26.2 Å². The molecule has 5 nitrogen and oxygen atoms in total. The van der Waals surface area contributed by atoms with Crippen LogP contribution in [0.4, 0.5) is 0 Å². The Morgan fingerprint density at radius 1 is 1.09 bits per heavy atom. The Morgan fingerprint density at radius 3 is 2.26 bits per heavy atom. The van der Waals surface area contributed by atoms with Gasteiger partial charge in [-0.3, -0.25) is 9.59 Å². The van der Waals surface area contributed by atoms with Crippen molar-refractivity contribution in [1.82, 2.24) is 0 Å². The van der Waals surface area contributed by atoms with Crippen LogP contribution in [0.15, 0.2) is 12.2 Å². The summed E-state index contributed by atoms with van der Waals surface area (Å²) in [5, 5.41) is 8.93. The summed E-state index contributed by atoms with van der Waals surface area (Å²) >= 11 is 0. The van der Waals surface area contributed by atoms with Crippen molar-refractivity contribution in [2.75, 3.05) is 27.7 Å². The maximum absolute atomic E-state index is 11.9. The van der Waals surface area contributed by atoms with Crippen molar-refractivity contribution in [2.24, 2.45) is 0 Å². The van der Waals surface area contributed by atoms with Gasteiger partial charge in [-0.1, -0.05) is 31.4 Å². The van der Waals surface area contributed by atoms with Gasteiger partial charge in [-0.25, -0.2) is 0 Å². The van der Waals surface area contributed by atoms with Crippen LogP contribution in [0.5, 0.6) is 0 Å². The fourth-order valence-corrected chi connectivity index (χ4v) is 2.42. The molecule has 0 aromatic carbocycles. The normalized spacial score (nSPS) is 13.2. The molecule has 0 aromatic heterocycles. The Balaban J connectivity index is 3.92. The number of esters is 1. The highest BCUT2D eigenvalue weighted by Crippen LogP contribution is 2.11. The van der Waals surface area contributed by atoms with Crippen LogP contribution >= 0.6 is 0 Å². The Bertz CT molecular complexity index is 372. The number of aliphatic carboxylic acids is 1. The number of nitrogens with zero attached hydrogens (tertiary/aromatic N) is 1. The fourth-order valence-electron chi connectivity index (χ4n) is 2.42. The first-order valence-corrected chi connectivity index (χ1v) is 8.57. The number of unbranched alkanes of at least 4 members (excludes halogenated alkanes) is 5. The Labute approximate surface area is 140 Å². The van der Waals surface area contributed by atoms with Crippen molar-refractivity contribution in [3.8, 4) is 0 Å². The first kappa shape index (κ1) is 21.6. The summed E-state index contributed by atoms with van der Waals surface area (Å²) in [6.45, 7) is 2.53. The van der Waals surface area contributed by atoms with E-state index in [-0.39, 0.29) is 12.4 Å². The molecule has 1 N–H and O–H groups in total. The minimum absolute atomic E-state index is 0.133. The van der Waals surface area contributed by atoms with Crippen molar-refractivity contribution < 1.29 is 23.9 Å². The second-order valence-corrected chi connectivity index (χ2v) is 7.06. The highest BCUT2D eigenvalue weighted by atomic mass is 16.5. The predicted molar refractivity (Wildman–Crippen MR) is 92.2 cm³/mol. The summed E-state index contributed by atoms with van der Waals surface area (Å²) in [6.07, 6.45) is 10.4. The van der Waals surface area contributed by atoms with Gasteiger partial charge < -0.3 is 14.3 Å². The van der Waals surface area contributed by atoms with E-state index in [4.69, 9.17) is 9.84 Å². The number of carboxylic acid groups (broad SMARTS) is 1. The second-order valence-electron chi connectivity index (χ2n) is 7.06. The number of likely N-dealkylation sites (N-methyl/N-ethyl adjacent to an activating group) is 1. The maximum atomic E-state index is 11.9. The van der Waals surface area contributed by atoms with E-state index in [0.29, 0.717) is 17.4 Å². The molecule has 0 rings (SSSR count). The molecule has 5 heteroatoms. The molecule has 0 spiro atoms. The molecule has 0 aromatic rings. The molecule has 0 saturated heterocycles. The average molecular weight is 328 g/mol. The van der Waals surface area contributed by atoms with Crippen molar-refractivity contribution in [3.63, 3.8) is 0 Å². The van der Waals surface area contributed by atoms with Crippen LogP contribution in [0.25, 0.3) is 0 Å². The minimum atomic E-state index is -0.933. The quantitative estimate of drug-likeness (QED) is 0.244. The highest BCUT2D eigenvalue weighted by molar-refractivity contribution is 5.71. The van der Waals surface area contributed by atoms with Crippen LogP contribution in [0.2, 0.25) is 0 Å². The fraction of sp³-hybridized carbons (Fsp3) is 0.778. The number of hydrogen-bond donors (Lipinski definition) is 1. The summed E-state index contributed by atoms with van der Waals surface area (Å²) in [4.78, 5) is 22.7. The van der Waals surface area contributed by atoms with Gasteiger partial charge >= 0.3 is 11.9 Å². The maximum Gasteiger partial charge on any atom is 0.307 e. The van der Waals surface area contributed by atoms with Crippen LogP contribution in [-0.4, -0.2) is 55.3 Å². The zero-order chi connectivity index (χ0) is 17.7. The zero-order valence-corrected chi connectivity index (χ0v) is 15.2. The van der Waals surface area contributed by atoms with Crippen LogP contribution < -0.4 is 0 Å². The van der Waals surface area contributed by atoms with Crippen LogP contribution in [-0.2, 0) is 14.3 Å². The number of hydrogen-bond acceptors (Lipinski definition) is 3. The molecular formula is C18H34NO4+. The van der Waals surface area contributed by atoms with Crippen molar-refractivity contribution >= 4 is 11.9 Å². The number of carboxylic acids is 1. The molecule has 0 heterocycles. The van der Waals surface area contributed by atoms with Gasteiger partial charge in [0, 0.05) is 6.42 Å². The van der Waals surface area contributed by atoms with E-state index >= 15 is 0 Å². The van der Waals surface area contributed by atoms with Crippen LogP contribution in [0.1, 0.15) is 58.3 Å².